The third kappa shape index (κ3) is 2.96. The fourth-order valence-corrected chi connectivity index (χ4v) is 5.57. The number of benzene rings is 1. The third-order valence-corrected chi connectivity index (χ3v) is 7.05. The van der Waals surface area contributed by atoms with Crippen molar-refractivity contribution in [1.29, 1.82) is 0 Å². The van der Waals surface area contributed by atoms with E-state index in [9.17, 15) is 8.42 Å². The van der Waals surface area contributed by atoms with Gasteiger partial charge in [-0.3, -0.25) is 0 Å². The van der Waals surface area contributed by atoms with E-state index >= 15 is 0 Å². The number of hydrogen-bond acceptors (Lipinski definition) is 5. The van der Waals surface area contributed by atoms with Gasteiger partial charge in [0.05, 0.1) is 19.0 Å². The first-order chi connectivity index (χ1) is 11.5. The molecule has 2 aliphatic heterocycles. The van der Waals surface area contributed by atoms with Gasteiger partial charge in [0.1, 0.15) is 5.52 Å². The second-order valence-electron chi connectivity index (χ2n) is 7.28. The van der Waals surface area contributed by atoms with E-state index in [4.69, 9.17) is 9.15 Å². The Hall–Kier alpha value is -1.44. The zero-order chi connectivity index (χ0) is 16.8. The zero-order valence-electron chi connectivity index (χ0n) is 13.8. The lowest BCUT2D eigenvalue weighted by atomic mass is 9.92. The molecule has 2 fully saturated rings. The molecule has 1 aromatic heterocycles. The standard InChI is InChI=1S/C17H22N2O4S/c1-17(10-22-11-17)12-24(20,21)19-8-4-5-13(9-19)16-18-14-6-2-3-7-15(14)23-16/h2-3,6-7,13H,4-5,8-12H2,1H3. The molecule has 0 N–H and O–H groups in total. The highest BCUT2D eigenvalue weighted by Gasteiger charge is 2.41. The fraction of sp³-hybridized carbons (Fsp3) is 0.588. The second kappa shape index (κ2) is 5.82. The van der Waals surface area contributed by atoms with Gasteiger partial charge in [-0.2, -0.15) is 0 Å². The molecule has 1 aromatic carbocycles. The summed E-state index contributed by atoms with van der Waals surface area (Å²) < 4.78 is 38.2. The number of nitrogens with zero attached hydrogens (tertiary/aromatic N) is 2. The number of ether oxygens (including phenoxy) is 1. The summed E-state index contributed by atoms with van der Waals surface area (Å²) in [5.74, 6) is 0.820. The Labute approximate surface area is 141 Å². The Morgan fingerprint density at radius 2 is 2.12 bits per heavy atom. The molecule has 0 aliphatic carbocycles. The summed E-state index contributed by atoms with van der Waals surface area (Å²) in [6, 6.07) is 7.64. The summed E-state index contributed by atoms with van der Waals surface area (Å²) in [6.45, 7) is 4.04. The van der Waals surface area contributed by atoms with Crippen LogP contribution in [0.2, 0.25) is 0 Å². The smallest absolute Gasteiger partial charge is 0.214 e. The van der Waals surface area contributed by atoms with Gasteiger partial charge in [-0.15, -0.1) is 0 Å². The predicted molar refractivity (Wildman–Crippen MR) is 90.3 cm³/mol. The summed E-state index contributed by atoms with van der Waals surface area (Å²) in [7, 11) is -3.29. The lowest BCUT2D eigenvalue weighted by molar-refractivity contribution is -0.0874. The Kier molecular flexibility index (Phi) is 3.89. The van der Waals surface area contributed by atoms with Crippen molar-refractivity contribution in [2.45, 2.75) is 25.7 Å². The molecule has 0 radical (unpaired) electrons. The van der Waals surface area contributed by atoms with E-state index in [2.05, 4.69) is 4.98 Å². The van der Waals surface area contributed by atoms with Gasteiger partial charge in [0, 0.05) is 24.4 Å². The Bertz CT molecular complexity index is 808. The molecule has 2 aliphatic rings. The minimum atomic E-state index is -3.29. The first kappa shape index (κ1) is 16.1. The first-order valence-corrected chi connectivity index (χ1v) is 9.97. The van der Waals surface area contributed by atoms with Gasteiger partial charge < -0.3 is 9.15 Å². The molecule has 4 rings (SSSR count). The van der Waals surface area contributed by atoms with Gasteiger partial charge in [0.15, 0.2) is 11.5 Å². The van der Waals surface area contributed by atoms with Crippen LogP contribution >= 0.6 is 0 Å². The van der Waals surface area contributed by atoms with Crippen LogP contribution in [-0.4, -0.2) is 49.8 Å². The highest BCUT2D eigenvalue weighted by atomic mass is 32.2. The molecule has 130 valence electrons. The van der Waals surface area contributed by atoms with Crippen LogP contribution in [0.25, 0.3) is 11.1 Å². The van der Waals surface area contributed by atoms with E-state index in [0.717, 1.165) is 23.9 Å². The first-order valence-electron chi connectivity index (χ1n) is 8.36. The van der Waals surface area contributed by atoms with Gasteiger partial charge in [0.2, 0.25) is 10.0 Å². The van der Waals surface area contributed by atoms with Crippen molar-refractivity contribution in [1.82, 2.24) is 9.29 Å². The van der Waals surface area contributed by atoms with Gasteiger partial charge in [0.25, 0.3) is 0 Å². The van der Waals surface area contributed by atoms with E-state index in [1.807, 2.05) is 31.2 Å². The van der Waals surface area contributed by atoms with Crippen LogP contribution in [0.15, 0.2) is 28.7 Å². The summed E-state index contributed by atoms with van der Waals surface area (Å²) in [5, 5.41) is 0. The lowest BCUT2D eigenvalue weighted by Crippen LogP contribution is -2.50. The second-order valence-corrected chi connectivity index (χ2v) is 9.25. The highest BCUT2D eigenvalue weighted by molar-refractivity contribution is 7.89. The highest BCUT2D eigenvalue weighted by Crippen LogP contribution is 2.33. The van der Waals surface area contributed by atoms with Gasteiger partial charge in [-0.05, 0) is 25.0 Å². The Morgan fingerprint density at radius 1 is 1.33 bits per heavy atom. The quantitative estimate of drug-likeness (QED) is 0.846. The number of fused-ring (bicyclic) bond motifs is 1. The van der Waals surface area contributed by atoms with Crippen LogP contribution < -0.4 is 0 Å². The van der Waals surface area contributed by atoms with Crippen molar-refractivity contribution in [3.63, 3.8) is 0 Å². The molecule has 1 unspecified atom stereocenters. The molecule has 0 saturated carbocycles. The largest absolute Gasteiger partial charge is 0.440 e. The van der Waals surface area contributed by atoms with Crippen LogP contribution in [0.4, 0.5) is 0 Å². The van der Waals surface area contributed by atoms with E-state index < -0.39 is 10.0 Å². The molecule has 2 saturated heterocycles. The molecule has 2 aromatic rings. The normalized spacial score (nSPS) is 24.8. The fourth-order valence-electron chi connectivity index (χ4n) is 3.53. The Morgan fingerprint density at radius 3 is 2.83 bits per heavy atom. The minimum absolute atomic E-state index is 0.0198. The zero-order valence-corrected chi connectivity index (χ0v) is 14.6. The number of para-hydroxylation sites is 2. The lowest BCUT2D eigenvalue weighted by Gasteiger charge is -2.40. The summed E-state index contributed by atoms with van der Waals surface area (Å²) >= 11 is 0. The number of oxazole rings is 1. The average Bonchev–Trinajstić information content (AvgIpc) is 2.97. The number of aromatic nitrogens is 1. The number of piperidine rings is 1. The topological polar surface area (TPSA) is 72.6 Å². The molecule has 3 heterocycles. The van der Waals surface area contributed by atoms with Crippen molar-refractivity contribution in [2.24, 2.45) is 5.41 Å². The SMILES string of the molecule is CC1(CS(=O)(=O)N2CCCC(c3nc4ccccc4o3)C2)COC1. The van der Waals surface area contributed by atoms with E-state index in [1.165, 1.54) is 0 Å². The van der Waals surface area contributed by atoms with Crippen LogP contribution in [0, 0.1) is 5.41 Å². The maximum atomic E-state index is 12.8. The average molecular weight is 350 g/mol. The van der Waals surface area contributed by atoms with Crippen molar-refractivity contribution in [3.05, 3.63) is 30.2 Å². The van der Waals surface area contributed by atoms with Crippen molar-refractivity contribution < 1.29 is 17.6 Å². The molecular formula is C17H22N2O4S. The molecule has 7 heteroatoms. The van der Waals surface area contributed by atoms with E-state index in [-0.39, 0.29) is 17.1 Å². The van der Waals surface area contributed by atoms with Gasteiger partial charge in [-0.1, -0.05) is 19.1 Å². The minimum Gasteiger partial charge on any atom is -0.440 e. The molecule has 0 amide bonds. The summed E-state index contributed by atoms with van der Waals surface area (Å²) in [4.78, 5) is 4.55. The van der Waals surface area contributed by atoms with E-state index in [0.29, 0.717) is 32.2 Å². The maximum Gasteiger partial charge on any atom is 0.214 e. The number of sulfonamides is 1. The molecule has 0 bridgehead atoms. The van der Waals surface area contributed by atoms with Crippen LogP contribution in [0.1, 0.15) is 31.6 Å². The van der Waals surface area contributed by atoms with Crippen LogP contribution in [0.5, 0.6) is 0 Å². The van der Waals surface area contributed by atoms with Crippen LogP contribution in [0.3, 0.4) is 0 Å². The monoisotopic (exact) mass is 350 g/mol. The number of rotatable bonds is 4. The van der Waals surface area contributed by atoms with Crippen molar-refractivity contribution >= 4 is 21.1 Å². The Balaban J connectivity index is 1.52. The van der Waals surface area contributed by atoms with Crippen molar-refractivity contribution in [2.75, 3.05) is 32.1 Å². The van der Waals surface area contributed by atoms with Crippen LogP contribution in [-0.2, 0) is 14.8 Å². The molecule has 1 atom stereocenters. The third-order valence-electron chi connectivity index (χ3n) is 4.87. The summed E-state index contributed by atoms with van der Waals surface area (Å²) in [6.07, 6.45) is 1.73. The molecule has 6 nitrogen and oxygen atoms in total. The predicted octanol–water partition coefficient (Wildman–Crippen LogP) is 2.37. The number of hydrogen-bond donors (Lipinski definition) is 0. The summed E-state index contributed by atoms with van der Waals surface area (Å²) in [5.41, 5.74) is 1.34. The van der Waals surface area contributed by atoms with Crippen molar-refractivity contribution in [3.8, 4) is 0 Å². The van der Waals surface area contributed by atoms with E-state index in [1.54, 1.807) is 4.31 Å². The molecular weight excluding hydrogens is 328 g/mol. The maximum absolute atomic E-state index is 12.8. The molecule has 24 heavy (non-hydrogen) atoms. The van der Waals surface area contributed by atoms with Gasteiger partial charge >= 0.3 is 0 Å². The molecule has 0 spiro atoms. The van der Waals surface area contributed by atoms with Gasteiger partial charge in [-0.25, -0.2) is 17.7 Å².